The quantitative estimate of drug-likeness (QED) is 0.804. The Labute approximate surface area is 87.8 Å². The summed E-state index contributed by atoms with van der Waals surface area (Å²) in [5, 5.41) is 8.82. The van der Waals surface area contributed by atoms with Crippen molar-refractivity contribution in [3.63, 3.8) is 0 Å². The van der Waals surface area contributed by atoms with E-state index in [0.29, 0.717) is 11.9 Å². The monoisotopic (exact) mass is 211 g/mol. The molecule has 1 aliphatic heterocycles. The number of halogens is 1. The second-order valence-corrected chi connectivity index (χ2v) is 3.81. The molecule has 2 heterocycles. The molecule has 0 radical (unpaired) electrons. The van der Waals surface area contributed by atoms with Crippen LogP contribution in [0.3, 0.4) is 0 Å². The molecule has 1 fully saturated rings. The van der Waals surface area contributed by atoms with Crippen molar-refractivity contribution in [2.45, 2.75) is 12.8 Å². The first-order chi connectivity index (χ1) is 7.29. The van der Waals surface area contributed by atoms with Crippen LogP contribution in [-0.2, 0) is 0 Å². The minimum atomic E-state index is -0.412. The summed E-state index contributed by atoms with van der Waals surface area (Å²) < 4.78 is 12.6. The van der Waals surface area contributed by atoms with Crippen molar-refractivity contribution >= 4 is 5.95 Å². The zero-order chi connectivity index (χ0) is 10.7. The molecule has 82 valence electrons. The minimum absolute atomic E-state index is 0.225. The molecule has 0 saturated carbocycles. The van der Waals surface area contributed by atoms with Crippen molar-refractivity contribution in [3.05, 3.63) is 18.2 Å². The molecule has 1 atom stereocenters. The molecule has 0 aliphatic carbocycles. The number of nitrogens with zero attached hydrogens (tertiary/aromatic N) is 3. The number of aliphatic hydroxyl groups is 1. The highest BCUT2D eigenvalue weighted by atomic mass is 19.1. The molecule has 1 N–H and O–H groups in total. The van der Waals surface area contributed by atoms with E-state index in [1.165, 1.54) is 12.4 Å². The van der Waals surface area contributed by atoms with Gasteiger partial charge in [-0.1, -0.05) is 0 Å². The summed E-state index contributed by atoms with van der Waals surface area (Å²) in [5.74, 6) is 0.672. The van der Waals surface area contributed by atoms with Crippen LogP contribution in [0.1, 0.15) is 12.8 Å². The van der Waals surface area contributed by atoms with E-state index in [2.05, 4.69) is 9.97 Å². The highest BCUT2D eigenvalue weighted by molar-refractivity contribution is 5.30. The average Bonchev–Trinajstić information content (AvgIpc) is 2.68. The van der Waals surface area contributed by atoms with Crippen LogP contribution in [0.25, 0.3) is 0 Å². The van der Waals surface area contributed by atoms with Crippen LogP contribution < -0.4 is 4.90 Å². The summed E-state index contributed by atoms with van der Waals surface area (Å²) in [5.41, 5.74) is 0. The zero-order valence-corrected chi connectivity index (χ0v) is 8.43. The van der Waals surface area contributed by atoms with Crippen LogP contribution in [-0.4, -0.2) is 34.8 Å². The third-order valence-electron chi connectivity index (χ3n) is 2.71. The van der Waals surface area contributed by atoms with E-state index in [9.17, 15) is 4.39 Å². The Morgan fingerprint density at radius 2 is 2.20 bits per heavy atom. The van der Waals surface area contributed by atoms with Gasteiger partial charge in [0.15, 0.2) is 5.82 Å². The van der Waals surface area contributed by atoms with Crippen molar-refractivity contribution in [1.82, 2.24) is 9.97 Å². The molecule has 4 nitrogen and oxygen atoms in total. The minimum Gasteiger partial charge on any atom is -0.396 e. The Balaban J connectivity index is 1.98. The van der Waals surface area contributed by atoms with Gasteiger partial charge in [-0.25, -0.2) is 14.4 Å². The van der Waals surface area contributed by atoms with Crippen LogP contribution in [0, 0.1) is 11.7 Å². The molecule has 5 heteroatoms. The molecule has 1 aliphatic rings. The van der Waals surface area contributed by atoms with Crippen LogP contribution >= 0.6 is 0 Å². The predicted molar refractivity (Wildman–Crippen MR) is 54.0 cm³/mol. The Morgan fingerprint density at radius 1 is 1.47 bits per heavy atom. The number of rotatable bonds is 3. The van der Waals surface area contributed by atoms with Gasteiger partial charge >= 0.3 is 0 Å². The zero-order valence-electron chi connectivity index (χ0n) is 8.43. The van der Waals surface area contributed by atoms with Crippen LogP contribution in [0.2, 0.25) is 0 Å². The lowest BCUT2D eigenvalue weighted by Crippen LogP contribution is -2.22. The molecule has 1 aromatic heterocycles. The van der Waals surface area contributed by atoms with E-state index < -0.39 is 5.82 Å². The van der Waals surface area contributed by atoms with Gasteiger partial charge in [0, 0.05) is 19.7 Å². The van der Waals surface area contributed by atoms with Gasteiger partial charge in [-0.05, 0) is 18.8 Å². The maximum Gasteiger partial charge on any atom is 0.225 e. The van der Waals surface area contributed by atoms with Gasteiger partial charge in [0.25, 0.3) is 0 Å². The van der Waals surface area contributed by atoms with Crippen LogP contribution in [0.4, 0.5) is 10.3 Å². The van der Waals surface area contributed by atoms with Gasteiger partial charge in [0.05, 0.1) is 12.4 Å². The number of hydrogen-bond acceptors (Lipinski definition) is 4. The van der Waals surface area contributed by atoms with Gasteiger partial charge in [-0.2, -0.15) is 0 Å². The first-order valence-corrected chi connectivity index (χ1v) is 5.13. The summed E-state index contributed by atoms with van der Waals surface area (Å²) in [7, 11) is 0. The second kappa shape index (κ2) is 4.53. The number of aromatic nitrogens is 2. The SMILES string of the molecule is OCCC1CCN(c2ncc(F)cn2)C1. The summed E-state index contributed by atoms with van der Waals surface area (Å²) in [4.78, 5) is 9.89. The third-order valence-corrected chi connectivity index (χ3v) is 2.71. The van der Waals surface area contributed by atoms with Gasteiger partial charge < -0.3 is 10.0 Å². The van der Waals surface area contributed by atoms with E-state index in [4.69, 9.17) is 5.11 Å². The lowest BCUT2D eigenvalue weighted by atomic mass is 10.1. The molecule has 15 heavy (non-hydrogen) atoms. The first-order valence-electron chi connectivity index (χ1n) is 5.13. The number of hydrogen-bond donors (Lipinski definition) is 1. The fourth-order valence-electron chi connectivity index (χ4n) is 1.90. The van der Waals surface area contributed by atoms with E-state index in [1.54, 1.807) is 0 Å². The maximum atomic E-state index is 12.6. The summed E-state index contributed by atoms with van der Waals surface area (Å²) >= 11 is 0. The molecule has 0 amide bonds. The van der Waals surface area contributed by atoms with Gasteiger partial charge in [0.2, 0.25) is 5.95 Å². The molecule has 0 aromatic carbocycles. The molecule has 0 bridgehead atoms. The standard InChI is InChI=1S/C10H14FN3O/c11-9-5-12-10(13-6-9)14-3-1-8(7-14)2-4-15/h5-6,8,15H,1-4,7H2. The van der Waals surface area contributed by atoms with Gasteiger partial charge in [-0.3, -0.25) is 0 Å². The predicted octanol–water partition coefficient (Wildman–Crippen LogP) is 0.824. The van der Waals surface area contributed by atoms with E-state index >= 15 is 0 Å². The molecular formula is C10H14FN3O. The van der Waals surface area contributed by atoms with Crippen molar-refractivity contribution in [1.29, 1.82) is 0 Å². The number of aliphatic hydroxyl groups excluding tert-OH is 1. The van der Waals surface area contributed by atoms with Crippen LogP contribution in [0.15, 0.2) is 12.4 Å². The Hall–Kier alpha value is -1.23. The second-order valence-electron chi connectivity index (χ2n) is 3.81. The largest absolute Gasteiger partial charge is 0.396 e. The van der Waals surface area contributed by atoms with Crippen molar-refractivity contribution < 1.29 is 9.50 Å². The molecule has 1 aromatic rings. The van der Waals surface area contributed by atoms with E-state index in [1.807, 2.05) is 4.90 Å². The summed E-state index contributed by atoms with van der Waals surface area (Å²) in [6.07, 6.45) is 4.22. The average molecular weight is 211 g/mol. The van der Waals surface area contributed by atoms with Crippen molar-refractivity contribution in [2.24, 2.45) is 5.92 Å². The van der Waals surface area contributed by atoms with E-state index in [-0.39, 0.29) is 6.61 Å². The van der Waals surface area contributed by atoms with Gasteiger partial charge in [-0.15, -0.1) is 0 Å². The fourth-order valence-corrected chi connectivity index (χ4v) is 1.90. The molecule has 1 saturated heterocycles. The fraction of sp³-hybridized carbons (Fsp3) is 0.600. The molecule has 0 spiro atoms. The lowest BCUT2D eigenvalue weighted by molar-refractivity contribution is 0.263. The first kappa shape index (κ1) is 10.3. The smallest absolute Gasteiger partial charge is 0.225 e. The van der Waals surface area contributed by atoms with E-state index in [0.717, 1.165) is 25.9 Å². The van der Waals surface area contributed by atoms with Crippen LogP contribution in [0.5, 0.6) is 0 Å². The maximum absolute atomic E-state index is 12.6. The number of anilines is 1. The lowest BCUT2D eigenvalue weighted by Gasteiger charge is -2.15. The summed E-state index contributed by atoms with van der Waals surface area (Å²) in [6.45, 7) is 1.96. The Kier molecular flexibility index (Phi) is 3.11. The highest BCUT2D eigenvalue weighted by Gasteiger charge is 2.23. The topological polar surface area (TPSA) is 49.2 Å². The normalized spacial score (nSPS) is 20.9. The van der Waals surface area contributed by atoms with Crippen molar-refractivity contribution in [2.75, 3.05) is 24.6 Å². The Bertz CT molecular complexity index is 317. The Morgan fingerprint density at radius 3 is 2.87 bits per heavy atom. The third kappa shape index (κ3) is 2.41. The molecule has 1 unspecified atom stereocenters. The van der Waals surface area contributed by atoms with Crippen molar-refractivity contribution in [3.8, 4) is 0 Å². The summed E-state index contributed by atoms with van der Waals surface area (Å²) in [6, 6.07) is 0. The molecule has 2 rings (SSSR count). The van der Waals surface area contributed by atoms with Gasteiger partial charge in [0.1, 0.15) is 0 Å². The highest BCUT2D eigenvalue weighted by Crippen LogP contribution is 2.22. The molecular weight excluding hydrogens is 197 g/mol.